The third kappa shape index (κ3) is 4.53. The first-order chi connectivity index (χ1) is 12.9. The van der Waals surface area contributed by atoms with Gasteiger partial charge in [-0.2, -0.15) is 13.2 Å². The van der Waals surface area contributed by atoms with E-state index in [4.69, 9.17) is 0 Å². The number of urea groups is 1. The summed E-state index contributed by atoms with van der Waals surface area (Å²) in [6.45, 7) is 4.68. The number of anilines is 2. The average Bonchev–Trinajstić information content (AvgIpc) is 2.68. The SMILES string of the molecule is CCc1ccccc1N1CCN(C(=O)Nc2ccc(C(F)(F)F)cc2)CC1. The zero-order valence-corrected chi connectivity index (χ0v) is 15.1. The molecule has 0 spiro atoms. The normalized spacial score (nSPS) is 15.0. The molecule has 1 heterocycles. The molecule has 2 aromatic rings. The number of carbonyl (C=O) groups excluding carboxylic acids is 1. The molecule has 27 heavy (non-hydrogen) atoms. The van der Waals surface area contributed by atoms with Crippen molar-refractivity contribution in [3.05, 3.63) is 59.7 Å². The largest absolute Gasteiger partial charge is 0.416 e. The summed E-state index contributed by atoms with van der Waals surface area (Å²) >= 11 is 0. The van der Waals surface area contributed by atoms with E-state index in [9.17, 15) is 18.0 Å². The van der Waals surface area contributed by atoms with Crippen molar-refractivity contribution in [2.24, 2.45) is 0 Å². The standard InChI is InChI=1S/C20H22F3N3O/c1-2-15-5-3-4-6-18(15)25-11-13-26(14-12-25)19(27)24-17-9-7-16(8-10-17)20(21,22)23/h3-10H,2,11-14H2,1H3,(H,24,27). The number of halogens is 3. The topological polar surface area (TPSA) is 35.6 Å². The molecule has 0 unspecified atom stereocenters. The number of benzene rings is 2. The number of nitrogens with one attached hydrogen (secondary N) is 1. The van der Waals surface area contributed by atoms with Crippen molar-refractivity contribution in [3.8, 4) is 0 Å². The highest BCUT2D eigenvalue weighted by molar-refractivity contribution is 5.89. The van der Waals surface area contributed by atoms with Crippen LogP contribution in [0.2, 0.25) is 0 Å². The van der Waals surface area contributed by atoms with E-state index in [1.165, 1.54) is 23.4 Å². The minimum Gasteiger partial charge on any atom is -0.368 e. The third-order valence-corrected chi connectivity index (χ3v) is 4.74. The van der Waals surface area contributed by atoms with E-state index in [2.05, 4.69) is 29.3 Å². The number of amides is 2. The molecule has 3 rings (SSSR count). The number of nitrogens with zero attached hydrogens (tertiary/aromatic N) is 2. The smallest absolute Gasteiger partial charge is 0.368 e. The predicted octanol–water partition coefficient (Wildman–Crippen LogP) is 4.62. The number of alkyl halides is 3. The van der Waals surface area contributed by atoms with Gasteiger partial charge >= 0.3 is 12.2 Å². The van der Waals surface area contributed by atoms with Gasteiger partial charge in [-0.05, 0) is 42.3 Å². The van der Waals surface area contributed by atoms with Crippen LogP contribution in [0.1, 0.15) is 18.1 Å². The van der Waals surface area contributed by atoms with Crippen LogP contribution in [-0.2, 0) is 12.6 Å². The van der Waals surface area contributed by atoms with Crippen LogP contribution in [0.25, 0.3) is 0 Å². The van der Waals surface area contributed by atoms with Gasteiger partial charge in [0.05, 0.1) is 5.56 Å². The van der Waals surface area contributed by atoms with Gasteiger partial charge in [-0.1, -0.05) is 25.1 Å². The zero-order valence-electron chi connectivity index (χ0n) is 15.1. The van der Waals surface area contributed by atoms with Crippen molar-refractivity contribution in [1.29, 1.82) is 0 Å². The second kappa shape index (κ2) is 7.90. The van der Waals surface area contributed by atoms with E-state index in [-0.39, 0.29) is 6.03 Å². The molecule has 0 bridgehead atoms. The Hall–Kier alpha value is -2.70. The molecule has 7 heteroatoms. The number of hydrogen-bond acceptors (Lipinski definition) is 2. The summed E-state index contributed by atoms with van der Waals surface area (Å²) in [5.74, 6) is 0. The van der Waals surface area contributed by atoms with Crippen LogP contribution in [0.3, 0.4) is 0 Å². The van der Waals surface area contributed by atoms with Gasteiger partial charge in [-0.3, -0.25) is 0 Å². The lowest BCUT2D eigenvalue weighted by molar-refractivity contribution is -0.137. The minimum absolute atomic E-state index is 0.293. The van der Waals surface area contributed by atoms with Crippen LogP contribution in [0.15, 0.2) is 48.5 Å². The summed E-state index contributed by atoms with van der Waals surface area (Å²) in [6, 6.07) is 12.4. The van der Waals surface area contributed by atoms with Crippen molar-refractivity contribution < 1.29 is 18.0 Å². The molecule has 0 atom stereocenters. The number of piperazine rings is 1. The Labute approximate surface area is 156 Å². The Bertz CT molecular complexity index is 782. The number of rotatable bonds is 3. The van der Waals surface area contributed by atoms with Crippen molar-refractivity contribution in [2.45, 2.75) is 19.5 Å². The Balaban J connectivity index is 1.57. The fourth-order valence-corrected chi connectivity index (χ4v) is 3.21. The van der Waals surface area contributed by atoms with Gasteiger partial charge in [0.2, 0.25) is 0 Å². The molecule has 0 aromatic heterocycles. The maximum Gasteiger partial charge on any atom is 0.416 e. The third-order valence-electron chi connectivity index (χ3n) is 4.74. The van der Waals surface area contributed by atoms with Crippen LogP contribution in [0.5, 0.6) is 0 Å². The van der Waals surface area contributed by atoms with E-state index in [1.807, 2.05) is 12.1 Å². The highest BCUT2D eigenvalue weighted by Crippen LogP contribution is 2.30. The maximum atomic E-state index is 12.6. The molecule has 0 saturated carbocycles. The molecular weight excluding hydrogens is 355 g/mol. The van der Waals surface area contributed by atoms with Crippen LogP contribution in [-0.4, -0.2) is 37.1 Å². The van der Waals surface area contributed by atoms with Gasteiger partial charge in [0.1, 0.15) is 0 Å². The van der Waals surface area contributed by atoms with Crippen molar-refractivity contribution >= 4 is 17.4 Å². The van der Waals surface area contributed by atoms with Crippen molar-refractivity contribution in [1.82, 2.24) is 4.90 Å². The fourth-order valence-electron chi connectivity index (χ4n) is 3.21. The highest BCUT2D eigenvalue weighted by Gasteiger charge is 2.30. The Morgan fingerprint density at radius 1 is 1.00 bits per heavy atom. The lowest BCUT2D eigenvalue weighted by atomic mass is 10.1. The van der Waals surface area contributed by atoms with Gasteiger partial charge in [0.25, 0.3) is 0 Å². The van der Waals surface area contributed by atoms with E-state index in [0.717, 1.165) is 31.6 Å². The Kier molecular flexibility index (Phi) is 5.58. The van der Waals surface area contributed by atoms with E-state index in [1.54, 1.807) is 4.90 Å². The fraction of sp³-hybridized carbons (Fsp3) is 0.350. The molecule has 0 radical (unpaired) electrons. The molecule has 1 N–H and O–H groups in total. The summed E-state index contributed by atoms with van der Waals surface area (Å²) in [6.07, 6.45) is -3.43. The first-order valence-electron chi connectivity index (χ1n) is 8.94. The summed E-state index contributed by atoms with van der Waals surface area (Å²) in [5, 5.41) is 2.67. The minimum atomic E-state index is -4.38. The lowest BCUT2D eigenvalue weighted by Crippen LogP contribution is -2.50. The second-order valence-electron chi connectivity index (χ2n) is 6.46. The molecule has 1 aliphatic rings. The van der Waals surface area contributed by atoms with Gasteiger partial charge in [0, 0.05) is 37.6 Å². The number of aryl methyl sites for hydroxylation is 1. The van der Waals surface area contributed by atoms with Crippen molar-refractivity contribution in [3.63, 3.8) is 0 Å². The first-order valence-corrected chi connectivity index (χ1v) is 8.94. The van der Waals surface area contributed by atoms with Gasteiger partial charge in [-0.15, -0.1) is 0 Å². The van der Waals surface area contributed by atoms with Crippen LogP contribution < -0.4 is 10.2 Å². The number of carbonyl (C=O) groups is 1. The van der Waals surface area contributed by atoms with Crippen molar-refractivity contribution in [2.75, 3.05) is 36.4 Å². The van der Waals surface area contributed by atoms with E-state index in [0.29, 0.717) is 18.8 Å². The average molecular weight is 377 g/mol. The van der Waals surface area contributed by atoms with Crippen LogP contribution >= 0.6 is 0 Å². The van der Waals surface area contributed by atoms with Gasteiger partial charge in [0.15, 0.2) is 0 Å². The second-order valence-corrected chi connectivity index (χ2v) is 6.46. The quantitative estimate of drug-likeness (QED) is 0.847. The molecule has 0 aliphatic carbocycles. The molecule has 1 saturated heterocycles. The van der Waals surface area contributed by atoms with Gasteiger partial charge < -0.3 is 15.1 Å². The van der Waals surface area contributed by atoms with E-state index >= 15 is 0 Å². The molecule has 2 amide bonds. The van der Waals surface area contributed by atoms with Gasteiger partial charge in [-0.25, -0.2) is 4.79 Å². The monoisotopic (exact) mass is 377 g/mol. The summed E-state index contributed by atoms with van der Waals surface area (Å²) in [7, 11) is 0. The van der Waals surface area contributed by atoms with Crippen LogP contribution in [0, 0.1) is 0 Å². The summed E-state index contributed by atoms with van der Waals surface area (Å²) in [4.78, 5) is 16.3. The molecule has 144 valence electrons. The molecule has 1 aliphatic heterocycles. The Morgan fingerprint density at radius 2 is 1.63 bits per heavy atom. The predicted molar refractivity (Wildman–Crippen MR) is 100 cm³/mol. The highest BCUT2D eigenvalue weighted by atomic mass is 19.4. The Morgan fingerprint density at radius 3 is 2.22 bits per heavy atom. The number of hydrogen-bond donors (Lipinski definition) is 1. The van der Waals surface area contributed by atoms with Crippen LogP contribution in [0.4, 0.5) is 29.3 Å². The zero-order chi connectivity index (χ0) is 19.4. The maximum absolute atomic E-state index is 12.6. The molecule has 2 aromatic carbocycles. The molecule has 1 fully saturated rings. The number of para-hydroxylation sites is 1. The molecule has 4 nitrogen and oxygen atoms in total. The summed E-state index contributed by atoms with van der Waals surface area (Å²) < 4.78 is 37.8. The molecular formula is C20H22F3N3O. The lowest BCUT2D eigenvalue weighted by Gasteiger charge is -2.37. The van der Waals surface area contributed by atoms with E-state index < -0.39 is 11.7 Å². The summed E-state index contributed by atoms with van der Waals surface area (Å²) in [5.41, 5.74) is 2.10. The first kappa shape index (κ1) is 19.1.